The number of aliphatic hydroxyl groups excluding tert-OH is 1. The van der Waals surface area contributed by atoms with Crippen LogP contribution < -0.4 is 5.32 Å². The summed E-state index contributed by atoms with van der Waals surface area (Å²) in [6, 6.07) is 4.29. The minimum absolute atomic E-state index is 0.434. The number of alkyl halides is 3. The lowest BCUT2D eigenvalue weighted by atomic mass is 10.2. The Hall–Kier alpha value is -1.28. The first kappa shape index (κ1) is 15.8. The van der Waals surface area contributed by atoms with Crippen LogP contribution in [0.15, 0.2) is 29.2 Å². The van der Waals surface area contributed by atoms with Crippen LogP contribution in [0.3, 0.4) is 0 Å². The van der Waals surface area contributed by atoms with Crippen LogP contribution >= 0.6 is 0 Å². The Labute approximate surface area is 109 Å². The van der Waals surface area contributed by atoms with Gasteiger partial charge in [-0.3, -0.25) is 0 Å². The maximum atomic E-state index is 12.3. The van der Waals surface area contributed by atoms with Crippen LogP contribution in [-0.2, 0) is 9.84 Å². The first-order valence-electron chi connectivity index (χ1n) is 5.48. The van der Waals surface area contributed by atoms with E-state index in [9.17, 15) is 21.6 Å². The largest absolute Gasteiger partial charge is 0.501 e. The van der Waals surface area contributed by atoms with E-state index in [4.69, 9.17) is 5.11 Å². The van der Waals surface area contributed by atoms with Crippen molar-refractivity contribution < 1.29 is 26.7 Å². The van der Waals surface area contributed by atoms with Crippen molar-refractivity contribution in [2.75, 3.05) is 11.9 Å². The van der Waals surface area contributed by atoms with E-state index < -0.39 is 26.3 Å². The number of aliphatic hydroxyl groups is 1. The fraction of sp³-hybridized carbons (Fsp3) is 0.455. The summed E-state index contributed by atoms with van der Waals surface area (Å²) < 4.78 is 59.0. The zero-order valence-corrected chi connectivity index (χ0v) is 10.9. The van der Waals surface area contributed by atoms with Crippen LogP contribution in [0.2, 0.25) is 0 Å². The summed E-state index contributed by atoms with van der Waals surface area (Å²) >= 11 is 0. The number of hydrogen-bond donors (Lipinski definition) is 2. The molecule has 4 nitrogen and oxygen atoms in total. The van der Waals surface area contributed by atoms with Crippen molar-refractivity contribution in [3.63, 3.8) is 0 Å². The topological polar surface area (TPSA) is 66.4 Å². The molecule has 0 fully saturated rings. The molecule has 0 heterocycles. The second kappa shape index (κ2) is 5.79. The molecule has 108 valence electrons. The molecule has 0 radical (unpaired) electrons. The second-order valence-corrected chi connectivity index (χ2v) is 5.98. The predicted molar refractivity (Wildman–Crippen MR) is 64.5 cm³/mol. The third kappa shape index (κ3) is 4.10. The maximum Gasteiger partial charge on any atom is 0.501 e. The SMILES string of the molecule is CC(O)CCNc1ccc(S(=O)(=O)C(F)(F)F)cc1. The molecule has 0 bridgehead atoms. The molecular formula is C11H14F3NO3S. The maximum absolute atomic E-state index is 12.3. The Morgan fingerprint density at radius 3 is 2.21 bits per heavy atom. The Kier molecular flexibility index (Phi) is 4.81. The van der Waals surface area contributed by atoms with E-state index in [0.29, 0.717) is 18.7 Å². The van der Waals surface area contributed by atoms with Gasteiger partial charge in [0.15, 0.2) is 0 Å². The molecule has 1 rings (SSSR count). The number of rotatable bonds is 5. The van der Waals surface area contributed by atoms with Crippen molar-refractivity contribution in [2.24, 2.45) is 0 Å². The Morgan fingerprint density at radius 2 is 1.79 bits per heavy atom. The summed E-state index contributed by atoms with van der Waals surface area (Å²) in [5, 5.41) is 11.9. The average Bonchev–Trinajstić information content (AvgIpc) is 2.27. The minimum Gasteiger partial charge on any atom is -0.393 e. The van der Waals surface area contributed by atoms with Gasteiger partial charge in [0.2, 0.25) is 0 Å². The van der Waals surface area contributed by atoms with Gasteiger partial charge < -0.3 is 10.4 Å². The van der Waals surface area contributed by atoms with E-state index in [1.807, 2.05) is 0 Å². The molecule has 0 aliphatic carbocycles. The number of halogens is 3. The molecule has 1 atom stereocenters. The number of hydrogen-bond acceptors (Lipinski definition) is 4. The van der Waals surface area contributed by atoms with Crippen LogP contribution in [0.1, 0.15) is 13.3 Å². The molecule has 2 N–H and O–H groups in total. The van der Waals surface area contributed by atoms with Crippen LogP contribution in [-0.4, -0.2) is 31.7 Å². The Balaban J connectivity index is 2.78. The number of sulfone groups is 1. The monoisotopic (exact) mass is 297 g/mol. The quantitative estimate of drug-likeness (QED) is 0.874. The predicted octanol–water partition coefficient (Wildman–Crippen LogP) is 2.16. The van der Waals surface area contributed by atoms with E-state index in [2.05, 4.69) is 5.32 Å². The van der Waals surface area contributed by atoms with Gasteiger partial charge in [0.05, 0.1) is 11.0 Å². The van der Waals surface area contributed by atoms with E-state index in [0.717, 1.165) is 12.1 Å². The molecule has 0 aliphatic rings. The first-order chi connectivity index (χ1) is 8.64. The molecule has 1 aromatic rings. The third-order valence-corrected chi connectivity index (χ3v) is 3.86. The van der Waals surface area contributed by atoms with Gasteiger partial charge in [-0.25, -0.2) is 8.42 Å². The second-order valence-electron chi connectivity index (χ2n) is 4.04. The zero-order valence-electron chi connectivity index (χ0n) is 10.1. The lowest BCUT2D eigenvalue weighted by Gasteiger charge is -2.10. The van der Waals surface area contributed by atoms with E-state index >= 15 is 0 Å². The van der Waals surface area contributed by atoms with E-state index in [1.54, 1.807) is 6.92 Å². The van der Waals surface area contributed by atoms with Gasteiger partial charge >= 0.3 is 5.51 Å². The van der Waals surface area contributed by atoms with Crippen LogP contribution in [0.4, 0.5) is 18.9 Å². The van der Waals surface area contributed by atoms with Gasteiger partial charge in [-0.1, -0.05) is 0 Å². The van der Waals surface area contributed by atoms with Crippen molar-refractivity contribution in [3.05, 3.63) is 24.3 Å². The van der Waals surface area contributed by atoms with Crippen LogP contribution in [0.25, 0.3) is 0 Å². The number of benzene rings is 1. The summed E-state index contributed by atoms with van der Waals surface area (Å²) in [5.74, 6) is 0. The van der Waals surface area contributed by atoms with Crippen LogP contribution in [0, 0.1) is 0 Å². The molecule has 0 aromatic heterocycles. The number of nitrogens with one attached hydrogen (secondary N) is 1. The average molecular weight is 297 g/mol. The van der Waals surface area contributed by atoms with Crippen molar-refractivity contribution >= 4 is 15.5 Å². The first-order valence-corrected chi connectivity index (χ1v) is 6.96. The normalized spacial score (nSPS) is 14.2. The fourth-order valence-corrected chi connectivity index (χ4v) is 2.07. The third-order valence-electron chi connectivity index (χ3n) is 2.36. The molecule has 1 unspecified atom stereocenters. The van der Waals surface area contributed by atoms with Crippen molar-refractivity contribution in [1.82, 2.24) is 0 Å². The molecule has 19 heavy (non-hydrogen) atoms. The summed E-state index contributed by atoms with van der Waals surface area (Å²) in [5.41, 5.74) is -4.81. The molecule has 0 saturated heterocycles. The standard InChI is InChI=1S/C11H14F3NO3S/c1-8(16)6-7-15-9-2-4-10(5-3-9)19(17,18)11(12,13)14/h2-5,8,15-16H,6-7H2,1H3. The van der Waals surface area contributed by atoms with Crippen LogP contribution in [0.5, 0.6) is 0 Å². The molecule has 0 saturated carbocycles. The van der Waals surface area contributed by atoms with E-state index in [-0.39, 0.29) is 0 Å². The highest BCUT2D eigenvalue weighted by molar-refractivity contribution is 7.92. The molecule has 8 heteroatoms. The zero-order chi connectivity index (χ0) is 14.7. The van der Waals surface area contributed by atoms with Crippen molar-refractivity contribution in [2.45, 2.75) is 29.9 Å². The highest BCUT2D eigenvalue weighted by Crippen LogP contribution is 2.30. The highest BCUT2D eigenvalue weighted by Gasteiger charge is 2.46. The summed E-state index contributed by atoms with van der Waals surface area (Å²) in [6.07, 6.45) is -0.0137. The fourth-order valence-electron chi connectivity index (χ4n) is 1.31. The Morgan fingerprint density at radius 1 is 1.26 bits per heavy atom. The Bertz CT molecular complexity index is 509. The highest BCUT2D eigenvalue weighted by atomic mass is 32.2. The molecule has 0 amide bonds. The molecule has 0 aliphatic heterocycles. The lowest BCUT2D eigenvalue weighted by molar-refractivity contribution is -0.0436. The van der Waals surface area contributed by atoms with Gasteiger partial charge in [0.1, 0.15) is 0 Å². The smallest absolute Gasteiger partial charge is 0.393 e. The van der Waals surface area contributed by atoms with Gasteiger partial charge in [0, 0.05) is 12.2 Å². The van der Waals surface area contributed by atoms with Crippen molar-refractivity contribution in [1.29, 1.82) is 0 Å². The number of anilines is 1. The minimum atomic E-state index is -5.30. The summed E-state index contributed by atoms with van der Waals surface area (Å²) in [4.78, 5) is -0.791. The van der Waals surface area contributed by atoms with Gasteiger partial charge in [-0.05, 0) is 37.6 Å². The summed E-state index contributed by atoms with van der Waals surface area (Å²) in [6.45, 7) is 2.05. The molecule has 0 spiro atoms. The van der Waals surface area contributed by atoms with E-state index in [1.165, 1.54) is 12.1 Å². The van der Waals surface area contributed by atoms with Gasteiger partial charge in [-0.15, -0.1) is 0 Å². The molecule has 1 aromatic carbocycles. The van der Waals surface area contributed by atoms with Gasteiger partial charge in [0.25, 0.3) is 9.84 Å². The molecular weight excluding hydrogens is 283 g/mol. The van der Waals surface area contributed by atoms with Gasteiger partial charge in [-0.2, -0.15) is 13.2 Å². The summed E-state index contributed by atoms with van der Waals surface area (Å²) in [7, 11) is -5.29. The van der Waals surface area contributed by atoms with Crippen molar-refractivity contribution in [3.8, 4) is 0 Å². The lowest BCUT2D eigenvalue weighted by Crippen LogP contribution is -2.23.